The van der Waals surface area contributed by atoms with Gasteiger partial charge in [-0.05, 0) is 29.8 Å². The SMILES string of the molecule is COc1ccccc1OCc1ccc(C#N)cc1. The summed E-state index contributed by atoms with van der Waals surface area (Å²) in [6, 6.07) is 16.9. The van der Waals surface area contributed by atoms with Crippen LogP contribution in [-0.4, -0.2) is 7.11 Å². The van der Waals surface area contributed by atoms with Gasteiger partial charge in [-0.15, -0.1) is 0 Å². The monoisotopic (exact) mass is 239 g/mol. The van der Waals surface area contributed by atoms with Crippen LogP contribution < -0.4 is 9.47 Å². The van der Waals surface area contributed by atoms with Crippen molar-refractivity contribution in [2.45, 2.75) is 6.61 Å². The van der Waals surface area contributed by atoms with E-state index in [1.807, 2.05) is 36.4 Å². The summed E-state index contributed by atoms with van der Waals surface area (Å²) in [5.41, 5.74) is 1.66. The van der Waals surface area contributed by atoms with Crippen LogP contribution in [0.5, 0.6) is 11.5 Å². The molecule has 0 aliphatic rings. The number of para-hydroxylation sites is 2. The molecule has 0 aromatic heterocycles. The van der Waals surface area contributed by atoms with E-state index in [0.29, 0.717) is 23.7 Å². The van der Waals surface area contributed by atoms with Gasteiger partial charge in [0.1, 0.15) is 6.61 Å². The molecule has 90 valence electrons. The highest BCUT2D eigenvalue weighted by Gasteiger charge is 2.02. The molecule has 0 atom stereocenters. The molecule has 2 aromatic carbocycles. The second-order valence-electron chi connectivity index (χ2n) is 3.75. The molecule has 0 spiro atoms. The third-order valence-corrected chi connectivity index (χ3v) is 2.55. The van der Waals surface area contributed by atoms with E-state index < -0.39 is 0 Å². The second kappa shape index (κ2) is 5.74. The summed E-state index contributed by atoms with van der Waals surface area (Å²) >= 11 is 0. The summed E-state index contributed by atoms with van der Waals surface area (Å²) in [6.45, 7) is 0.450. The lowest BCUT2D eigenvalue weighted by Crippen LogP contribution is -1.97. The first-order valence-corrected chi connectivity index (χ1v) is 5.58. The highest BCUT2D eigenvalue weighted by atomic mass is 16.5. The average molecular weight is 239 g/mol. The number of nitriles is 1. The molecule has 0 fully saturated rings. The van der Waals surface area contributed by atoms with E-state index in [2.05, 4.69) is 6.07 Å². The number of ether oxygens (including phenoxy) is 2. The van der Waals surface area contributed by atoms with Gasteiger partial charge in [-0.3, -0.25) is 0 Å². The van der Waals surface area contributed by atoms with E-state index in [1.165, 1.54) is 0 Å². The molecule has 0 aliphatic heterocycles. The maximum atomic E-state index is 8.71. The van der Waals surface area contributed by atoms with E-state index in [9.17, 15) is 0 Å². The van der Waals surface area contributed by atoms with Crippen molar-refractivity contribution in [1.29, 1.82) is 5.26 Å². The Hall–Kier alpha value is -2.47. The van der Waals surface area contributed by atoms with Crippen molar-refractivity contribution in [3.63, 3.8) is 0 Å². The highest BCUT2D eigenvalue weighted by Crippen LogP contribution is 2.26. The van der Waals surface area contributed by atoms with Gasteiger partial charge in [-0.25, -0.2) is 0 Å². The van der Waals surface area contributed by atoms with Gasteiger partial charge >= 0.3 is 0 Å². The smallest absolute Gasteiger partial charge is 0.161 e. The van der Waals surface area contributed by atoms with Crippen molar-refractivity contribution in [3.05, 3.63) is 59.7 Å². The Morgan fingerprint density at radius 1 is 1.00 bits per heavy atom. The maximum Gasteiger partial charge on any atom is 0.161 e. The number of benzene rings is 2. The van der Waals surface area contributed by atoms with E-state index in [4.69, 9.17) is 14.7 Å². The van der Waals surface area contributed by atoms with Crippen molar-refractivity contribution < 1.29 is 9.47 Å². The number of hydrogen-bond acceptors (Lipinski definition) is 3. The summed E-state index contributed by atoms with van der Waals surface area (Å²) < 4.78 is 10.9. The molecule has 0 aliphatic carbocycles. The summed E-state index contributed by atoms with van der Waals surface area (Å²) in [5, 5.41) is 8.71. The van der Waals surface area contributed by atoms with Gasteiger partial charge < -0.3 is 9.47 Å². The first kappa shape index (κ1) is 12.0. The lowest BCUT2D eigenvalue weighted by molar-refractivity contribution is 0.284. The Morgan fingerprint density at radius 2 is 1.67 bits per heavy atom. The number of rotatable bonds is 4. The minimum Gasteiger partial charge on any atom is -0.493 e. The van der Waals surface area contributed by atoms with Crippen LogP contribution in [0, 0.1) is 11.3 Å². The van der Waals surface area contributed by atoms with Gasteiger partial charge in [-0.1, -0.05) is 24.3 Å². The largest absolute Gasteiger partial charge is 0.493 e. The van der Waals surface area contributed by atoms with E-state index >= 15 is 0 Å². The molecule has 0 saturated heterocycles. The van der Waals surface area contributed by atoms with Crippen molar-refractivity contribution in [3.8, 4) is 17.6 Å². The van der Waals surface area contributed by atoms with Crippen LogP contribution in [0.25, 0.3) is 0 Å². The Balaban J connectivity index is 2.04. The van der Waals surface area contributed by atoms with Crippen LogP contribution in [0.4, 0.5) is 0 Å². The Labute approximate surface area is 106 Å². The molecule has 0 amide bonds. The van der Waals surface area contributed by atoms with E-state index in [-0.39, 0.29) is 0 Å². The van der Waals surface area contributed by atoms with Gasteiger partial charge in [0, 0.05) is 0 Å². The molecule has 18 heavy (non-hydrogen) atoms. The molecule has 0 bridgehead atoms. The Morgan fingerprint density at radius 3 is 2.28 bits per heavy atom. The van der Waals surface area contributed by atoms with E-state index in [0.717, 1.165) is 5.56 Å². The number of hydrogen-bond donors (Lipinski definition) is 0. The quantitative estimate of drug-likeness (QED) is 0.823. The zero-order chi connectivity index (χ0) is 12.8. The molecule has 0 N–H and O–H groups in total. The topological polar surface area (TPSA) is 42.2 Å². The molecular formula is C15H13NO2. The van der Waals surface area contributed by atoms with Crippen LogP contribution in [0.2, 0.25) is 0 Å². The fourth-order valence-corrected chi connectivity index (χ4v) is 1.57. The molecular weight excluding hydrogens is 226 g/mol. The predicted octanol–water partition coefficient (Wildman–Crippen LogP) is 3.15. The van der Waals surface area contributed by atoms with Gasteiger partial charge in [0.15, 0.2) is 11.5 Å². The van der Waals surface area contributed by atoms with Crippen molar-refractivity contribution in [1.82, 2.24) is 0 Å². The molecule has 0 saturated carbocycles. The van der Waals surface area contributed by atoms with Gasteiger partial charge in [0.25, 0.3) is 0 Å². The normalized spacial score (nSPS) is 9.56. The van der Waals surface area contributed by atoms with Crippen molar-refractivity contribution in [2.75, 3.05) is 7.11 Å². The first-order chi connectivity index (χ1) is 8.83. The minimum atomic E-state index is 0.450. The van der Waals surface area contributed by atoms with Gasteiger partial charge in [0.2, 0.25) is 0 Å². The third kappa shape index (κ3) is 2.80. The maximum absolute atomic E-state index is 8.71. The lowest BCUT2D eigenvalue weighted by Gasteiger charge is -2.10. The zero-order valence-electron chi connectivity index (χ0n) is 10.1. The number of nitrogens with zero attached hydrogens (tertiary/aromatic N) is 1. The highest BCUT2D eigenvalue weighted by molar-refractivity contribution is 5.39. The second-order valence-corrected chi connectivity index (χ2v) is 3.75. The average Bonchev–Trinajstić information content (AvgIpc) is 2.46. The third-order valence-electron chi connectivity index (χ3n) is 2.55. The Kier molecular flexibility index (Phi) is 3.83. The van der Waals surface area contributed by atoms with E-state index in [1.54, 1.807) is 19.2 Å². The molecule has 2 aromatic rings. The summed E-state index contributed by atoms with van der Waals surface area (Å²) in [4.78, 5) is 0. The zero-order valence-corrected chi connectivity index (χ0v) is 10.1. The Bertz CT molecular complexity index is 555. The lowest BCUT2D eigenvalue weighted by atomic mass is 10.1. The predicted molar refractivity (Wildman–Crippen MR) is 68.5 cm³/mol. The summed E-state index contributed by atoms with van der Waals surface area (Å²) in [7, 11) is 1.61. The standard InChI is InChI=1S/C15H13NO2/c1-17-14-4-2-3-5-15(14)18-11-13-8-6-12(10-16)7-9-13/h2-9H,11H2,1H3. The van der Waals surface area contributed by atoms with Gasteiger partial charge in [0.05, 0.1) is 18.7 Å². The first-order valence-electron chi connectivity index (χ1n) is 5.58. The minimum absolute atomic E-state index is 0.450. The molecule has 2 rings (SSSR count). The van der Waals surface area contributed by atoms with Crippen LogP contribution in [0.1, 0.15) is 11.1 Å². The van der Waals surface area contributed by atoms with Crippen LogP contribution in [0.3, 0.4) is 0 Å². The van der Waals surface area contributed by atoms with Crippen LogP contribution in [-0.2, 0) is 6.61 Å². The van der Waals surface area contributed by atoms with Crippen molar-refractivity contribution >= 4 is 0 Å². The molecule has 0 heterocycles. The molecule has 0 unspecified atom stereocenters. The van der Waals surface area contributed by atoms with Gasteiger partial charge in [-0.2, -0.15) is 5.26 Å². The fraction of sp³-hybridized carbons (Fsp3) is 0.133. The molecule has 3 nitrogen and oxygen atoms in total. The molecule has 0 radical (unpaired) electrons. The van der Waals surface area contributed by atoms with Crippen LogP contribution in [0.15, 0.2) is 48.5 Å². The van der Waals surface area contributed by atoms with Crippen LogP contribution >= 0.6 is 0 Å². The number of methoxy groups -OCH3 is 1. The summed E-state index contributed by atoms with van der Waals surface area (Å²) in [6.07, 6.45) is 0. The fourth-order valence-electron chi connectivity index (χ4n) is 1.57. The molecule has 3 heteroatoms. The van der Waals surface area contributed by atoms with Crippen molar-refractivity contribution in [2.24, 2.45) is 0 Å². The summed E-state index contributed by atoms with van der Waals surface area (Å²) in [5.74, 6) is 1.43.